The van der Waals surface area contributed by atoms with Crippen LogP contribution < -0.4 is 25.4 Å². The summed E-state index contributed by atoms with van der Waals surface area (Å²) >= 11 is 0. The van der Waals surface area contributed by atoms with Crippen molar-refractivity contribution in [2.24, 2.45) is 0 Å². The predicted molar refractivity (Wildman–Crippen MR) is 149 cm³/mol. The van der Waals surface area contributed by atoms with Gasteiger partial charge in [0.25, 0.3) is 0 Å². The molecule has 0 saturated carbocycles. The van der Waals surface area contributed by atoms with Gasteiger partial charge in [0.15, 0.2) is 0 Å². The van der Waals surface area contributed by atoms with E-state index in [1.165, 1.54) is 15.9 Å². The minimum Gasteiger partial charge on any atom is -0.496 e. The van der Waals surface area contributed by atoms with E-state index >= 15 is 0 Å². The molecule has 0 atom stereocenters. The van der Waals surface area contributed by atoms with Crippen molar-refractivity contribution in [3.63, 3.8) is 0 Å². The average molecular weight is 475 g/mol. The Morgan fingerprint density at radius 3 is 1.49 bits per heavy atom. The number of methoxy groups -OCH3 is 2. The molecule has 5 aromatic rings. The Morgan fingerprint density at radius 2 is 0.943 bits per heavy atom. The van der Waals surface area contributed by atoms with Gasteiger partial charge in [-0.3, -0.25) is 0 Å². The number of hydrogen-bond donors (Lipinski definition) is 0. The van der Waals surface area contributed by atoms with Crippen LogP contribution >= 0.6 is 7.92 Å². The van der Waals surface area contributed by atoms with Crippen LogP contribution in [0.2, 0.25) is 0 Å². The molecule has 172 valence electrons. The zero-order valence-corrected chi connectivity index (χ0v) is 20.8. The molecule has 0 aliphatic rings. The highest BCUT2D eigenvalue weighted by molar-refractivity contribution is 7.80. The van der Waals surface area contributed by atoms with Crippen LogP contribution in [0.5, 0.6) is 11.5 Å². The van der Waals surface area contributed by atoms with Crippen LogP contribution in [0.25, 0.3) is 22.3 Å². The van der Waals surface area contributed by atoms with Gasteiger partial charge in [-0.25, -0.2) is 0 Å². The average Bonchev–Trinajstić information content (AvgIpc) is 2.94. The number of benzene rings is 5. The summed E-state index contributed by atoms with van der Waals surface area (Å²) in [5.74, 6) is 1.66. The van der Waals surface area contributed by atoms with Crippen LogP contribution in [0.15, 0.2) is 127 Å². The van der Waals surface area contributed by atoms with Crippen molar-refractivity contribution in [1.29, 1.82) is 0 Å². The Morgan fingerprint density at radius 1 is 0.457 bits per heavy atom. The third-order valence-corrected chi connectivity index (χ3v) is 8.56. The lowest BCUT2D eigenvalue weighted by molar-refractivity contribution is 0.410. The molecule has 0 N–H and O–H groups in total. The van der Waals surface area contributed by atoms with Crippen molar-refractivity contribution in [3.8, 4) is 33.8 Å². The smallest absolute Gasteiger partial charge is 0.127 e. The standard InChI is InChI=1S/C32H27O2P/c1-33-28-21-12-20-27(24-14-6-3-7-15-24)31(28)32-29(34-2)22-13-23-30(32)35(25-16-8-4-9-17-25)26-18-10-5-11-19-26/h3-23H,1-2H3. The van der Waals surface area contributed by atoms with Crippen LogP contribution in [0.4, 0.5) is 0 Å². The van der Waals surface area contributed by atoms with Crippen LogP contribution in [0.3, 0.4) is 0 Å². The van der Waals surface area contributed by atoms with Crippen molar-refractivity contribution < 1.29 is 9.47 Å². The Labute approximate surface area is 208 Å². The van der Waals surface area contributed by atoms with Gasteiger partial charge in [-0.1, -0.05) is 115 Å². The molecule has 35 heavy (non-hydrogen) atoms. The maximum Gasteiger partial charge on any atom is 0.127 e. The fourth-order valence-corrected chi connectivity index (χ4v) is 7.00. The molecule has 5 rings (SSSR count). The van der Waals surface area contributed by atoms with Crippen molar-refractivity contribution in [3.05, 3.63) is 127 Å². The Hall–Kier alpha value is -3.87. The van der Waals surface area contributed by atoms with Crippen molar-refractivity contribution in [2.45, 2.75) is 0 Å². The topological polar surface area (TPSA) is 18.5 Å². The van der Waals surface area contributed by atoms with Gasteiger partial charge in [-0.05, 0) is 47.1 Å². The first kappa shape index (κ1) is 22.9. The second-order valence-corrected chi connectivity index (χ2v) is 10.3. The highest BCUT2D eigenvalue weighted by Crippen LogP contribution is 2.47. The van der Waals surface area contributed by atoms with Crippen LogP contribution in [-0.2, 0) is 0 Å². The van der Waals surface area contributed by atoms with E-state index in [0.29, 0.717) is 0 Å². The van der Waals surface area contributed by atoms with Gasteiger partial charge in [-0.15, -0.1) is 0 Å². The predicted octanol–water partition coefficient (Wildman–Crippen LogP) is 6.80. The summed E-state index contributed by atoms with van der Waals surface area (Å²) in [5, 5.41) is 3.82. The molecule has 0 fully saturated rings. The van der Waals surface area contributed by atoms with Crippen LogP contribution in [0.1, 0.15) is 0 Å². The molecule has 0 bridgehead atoms. The summed E-state index contributed by atoms with van der Waals surface area (Å²) in [6, 6.07) is 44.6. The van der Waals surface area contributed by atoms with Crippen LogP contribution in [0, 0.1) is 0 Å². The third kappa shape index (κ3) is 4.58. The molecule has 0 amide bonds. The fourth-order valence-electron chi connectivity index (χ4n) is 4.53. The first-order valence-electron chi connectivity index (χ1n) is 11.6. The summed E-state index contributed by atoms with van der Waals surface area (Å²) < 4.78 is 12.0. The highest BCUT2D eigenvalue weighted by Gasteiger charge is 2.26. The van der Waals surface area contributed by atoms with Gasteiger partial charge in [0.05, 0.1) is 14.2 Å². The zero-order chi connectivity index (χ0) is 24.0. The molecule has 0 unspecified atom stereocenters. The second-order valence-electron chi connectivity index (χ2n) is 8.11. The maximum atomic E-state index is 6.01. The summed E-state index contributed by atoms with van der Waals surface area (Å²) in [6.07, 6.45) is 0. The van der Waals surface area contributed by atoms with Gasteiger partial charge in [0, 0.05) is 11.1 Å². The van der Waals surface area contributed by atoms with Gasteiger partial charge < -0.3 is 9.47 Å². The van der Waals surface area contributed by atoms with E-state index in [1.54, 1.807) is 14.2 Å². The fraction of sp³-hybridized carbons (Fsp3) is 0.0625. The van der Waals surface area contributed by atoms with E-state index in [2.05, 4.69) is 109 Å². The van der Waals surface area contributed by atoms with Gasteiger partial charge >= 0.3 is 0 Å². The SMILES string of the molecule is COc1cccc(-c2ccccc2)c1-c1c(OC)cccc1P(c1ccccc1)c1ccccc1. The molecule has 0 heterocycles. The molecular formula is C32H27O2P. The molecule has 0 aliphatic carbocycles. The monoisotopic (exact) mass is 474 g/mol. The lowest BCUT2D eigenvalue weighted by Crippen LogP contribution is -2.22. The number of hydrogen-bond acceptors (Lipinski definition) is 2. The normalized spacial score (nSPS) is 10.8. The van der Waals surface area contributed by atoms with Crippen LogP contribution in [-0.4, -0.2) is 14.2 Å². The van der Waals surface area contributed by atoms with Crippen molar-refractivity contribution in [2.75, 3.05) is 14.2 Å². The van der Waals surface area contributed by atoms with Crippen molar-refractivity contribution >= 4 is 23.8 Å². The molecule has 5 aromatic carbocycles. The molecule has 0 saturated heterocycles. The molecule has 0 aromatic heterocycles. The van der Waals surface area contributed by atoms with E-state index in [-0.39, 0.29) is 0 Å². The highest BCUT2D eigenvalue weighted by atomic mass is 31.1. The van der Waals surface area contributed by atoms with E-state index in [9.17, 15) is 0 Å². The summed E-state index contributed by atoms with van der Waals surface area (Å²) in [4.78, 5) is 0. The third-order valence-electron chi connectivity index (χ3n) is 6.07. The molecule has 0 spiro atoms. The summed E-state index contributed by atoms with van der Waals surface area (Å²) in [5.41, 5.74) is 4.38. The van der Waals surface area contributed by atoms with Crippen molar-refractivity contribution in [1.82, 2.24) is 0 Å². The molecule has 3 heteroatoms. The number of rotatable bonds is 7. The quantitative estimate of drug-likeness (QED) is 0.242. The minimum atomic E-state index is -0.847. The Balaban J connectivity index is 1.86. The van der Waals surface area contributed by atoms with Gasteiger partial charge in [0.2, 0.25) is 0 Å². The van der Waals surface area contributed by atoms with E-state index in [4.69, 9.17) is 9.47 Å². The Bertz CT molecular complexity index is 1360. The van der Waals surface area contributed by atoms with E-state index in [0.717, 1.165) is 33.8 Å². The lowest BCUT2D eigenvalue weighted by Gasteiger charge is -2.26. The molecule has 0 radical (unpaired) electrons. The van der Waals surface area contributed by atoms with E-state index < -0.39 is 7.92 Å². The summed E-state index contributed by atoms with van der Waals surface area (Å²) in [7, 11) is 2.63. The Kier molecular flexibility index (Phi) is 6.93. The number of ether oxygens (including phenoxy) is 2. The molecule has 2 nitrogen and oxygen atoms in total. The van der Waals surface area contributed by atoms with Gasteiger partial charge in [0.1, 0.15) is 11.5 Å². The first-order chi connectivity index (χ1) is 17.3. The first-order valence-corrected chi connectivity index (χ1v) is 13.0. The van der Waals surface area contributed by atoms with Gasteiger partial charge in [-0.2, -0.15) is 0 Å². The minimum absolute atomic E-state index is 0.827. The lowest BCUT2D eigenvalue weighted by atomic mass is 9.93. The summed E-state index contributed by atoms with van der Waals surface area (Å²) in [6.45, 7) is 0. The largest absolute Gasteiger partial charge is 0.496 e. The maximum absolute atomic E-state index is 6.01. The molecule has 0 aliphatic heterocycles. The van der Waals surface area contributed by atoms with E-state index in [1.807, 2.05) is 18.2 Å². The molecular weight excluding hydrogens is 447 g/mol. The zero-order valence-electron chi connectivity index (χ0n) is 19.9. The second kappa shape index (κ2) is 10.6.